The highest BCUT2D eigenvalue weighted by atomic mass is 79.9. The van der Waals surface area contributed by atoms with Crippen molar-refractivity contribution in [1.29, 1.82) is 0 Å². The minimum Gasteiger partial charge on any atom is -0.382 e. The first-order valence-corrected chi connectivity index (χ1v) is 7.40. The van der Waals surface area contributed by atoms with Crippen molar-refractivity contribution in [2.45, 2.75) is 18.1 Å². The Kier molecular flexibility index (Phi) is 4.10. The smallest absolute Gasteiger partial charge is 0.128 e. The molecule has 0 radical (unpaired) electrons. The summed E-state index contributed by atoms with van der Waals surface area (Å²) in [5, 5.41) is 0. The average Bonchev–Trinajstić information content (AvgIpc) is 2.86. The van der Waals surface area contributed by atoms with Gasteiger partial charge in [-0.2, -0.15) is 5.48 Å². The maximum absolute atomic E-state index is 14.2. The van der Waals surface area contributed by atoms with Crippen LogP contribution in [0, 0.1) is 11.7 Å². The highest BCUT2D eigenvalue weighted by Gasteiger charge is 2.51. The number of hydrogen-bond acceptors (Lipinski definition) is 4. The molecular weight excluding hydrogens is 329 g/mol. The molecule has 3 rings (SSSR count). The molecule has 4 nitrogen and oxygen atoms in total. The average molecular weight is 346 g/mol. The van der Waals surface area contributed by atoms with Gasteiger partial charge in [-0.25, -0.2) is 4.39 Å². The van der Waals surface area contributed by atoms with E-state index < -0.39 is 5.54 Å². The lowest BCUT2D eigenvalue weighted by Gasteiger charge is -2.41. The highest BCUT2D eigenvalue weighted by molar-refractivity contribution is 9.10. The van der Waals surface area contributed by atoms with Crippen molar-refractivity contribution in [3.8, 4) is 0 Å². The van der Waals surface area contributed by atoms with Crippen LogP contribution >= 0.6 is 15.9 Å². The van der Waals surface area contributed by atoms with Gasteiger partial charge in [0.05, 0.1) is 31.5 Å². The van der Waals surface area contributed by atoms with Gasteiger partial charge in [-0.1, -0.05) is 15.9 Å². The van der Waals surface area contributed by atoms with E-state index in [9.17, 15) is 4.39 Å². The van der Waals surface area contributed by atoms with Gasteiger partial charge in [-0.3, -0.25) is 0 Å². The molecule has 0 spiro atoms. The first kappa shape index (κ1) is 14.4. The van der Waals surface area contributed by atoms with Gasteiger partial charge < -0.3 is 14.3 Å². The molecule has 1 aromatic carbocycles. The second-order valence-electron chi connectivity index (χ2n) is 5.33. The van der Waals surface area contributed by atoms with Crippen LogP contribution in [0.1, 0.15) is 12.0 Å². The SMILES string of the molecule is COC[C@H]1C[C@H]2CON[C@@]2(c2cc(Br)ccc2F)CO1. The fourth-order valence-corrected chi connectivity index (χ4v) is 3.40. The predicted octanol–water partition coefficient (Wildman–Crippen LogP) is 2.37. The molecule has 2 aliphatic rings. The molecule has 3 atom stereocenters. The minimum absolute atomic E-state index is 0.0387. The van der Waals surface area contributed by atoms with Crippen molar-refractivity contribution >= 4 is 15.9 Å². The molecule has 6 heteroatoms. The summed E-state index contributed by atoms with van der Waals surface area (Å²) in [6.45, 7) is 1.47. The summed E-state index contributed by atoms with van der Waals surface area (Å²) in [5.74, 6) is -0.0785. The van der Waals surface area contributed by atoms with Gasteiger partial charge in [-0.05, 0) is 24.6 Å². The predicted molar refractivity (Wildman–Crippen MR) is 74.6 cm³/mol. The Hall–Kier alpha value is -0.530. The van der Waals surface area contributed by atoms with Crippen LogP contribution in [0.25, 0.3) is 0 Å². The van der Waals surface area contributed by atoms with E-state index in [4.69, 9.17) is 14.3 Å². The van der Waals surface area contributed by atoms with Crippen LogP contribution in [0.5, 0.6) is 0 Å². The molecule has 2 fully saturated rings. The van der Waals surface area contributed by atoms with Crippen LogP contribution in [0.4, 0.5) is 4.39 Å². The summed E-state index contributed by atoms with van der Waals surface area (Å²) in [7, 11) is 1.66. The molecule has 2 aliphatic heterocycles. The Morgan fingerprint density at radius 1 is 1.55 bits per heavy atom. The first-order valence-electron chi connectivity index (χ1n) is 6.61. The summed E-state index contributed by atoms with van der Waals surface area (Å²) in [6.07, 6.45) is 0.823. The number of nitrogens with one attached hydrogen (secondary N) is 1. The number of ether oxygens (including phenoxy) is 2. The molecule has 1 N–H and O–H groups in total. The van der Waals surface area contributed by atoms with Crippen LogP contribution in [-0.2, 0) is 19.9 Å². The van der Waals surface area contributed by atoms with Gasteiger partial charge in [-0.15, -0.1) is 0 Å². The molecule has 0 saturated carbocycles. The summed E-state index contributed by atoms with van der Waals surface area (Å²) in [6, 6.07) is 4.95. The number of halogens is 2. The molecule has 0 aromatic heterocycles. The highest BCUT2D eigenvalue weighted by Crippen LogP contribution is 2.43. The van der Waals surface area contributed by atoms with Gasteiger partial charge in [0.15, 0.2) is 0 Å². The second-order valence-corrected chi connectivity index (χ2v) is 6.25. The fourth-order valence-electron chi connectivity index (χ4n) is 3.04. The summed E-state index contributed by atoms with van der Waals surface area (Å²) < 4.78 is 26.1. The molecule has 1 aromatic rings. The molecule has 110 valence electrons. The number of hydroxylamine groups is 1. The quantitative estimate of drug-likeness (QED) is 0.912. The second kappa shape index (κ2) is 5.69. The van der Waals surface area contributed by atoms with Crippen molar-refractivity contribution in [2.75, 3.05) is 26.9 Å². The van der Waals surface area contributed by atoms with Crippen molar-refractivity contribution in [3.05, 3.63) is 34.1 Å². The van der Waals surface area contributed by atoms with E-state index in [1.807, 2.05) is 0 Å². The van der Waals surface area contributed by atoms with Crippen LogP contribution < -0.4 is 5.48 Å². The molecule has 0 unspecified atom stereocenters. The minimum atomic E-state index is -0.613. The van der Waals surface area contributed by atoms with Crippen LogP contribution in [0.3, 0.4) is 0 Å². The monoisotopic (exact) mass is 345 g/mol. The van der Waals surface area contributed by atoms with Crippen molar-refractivity contribution in [3.63, 3.8) is 0 Å². The summed E-state index contributed by atoms with van der Waals surface area (Å²) in [5.41, 5.74) is 2.97. The molecule has 0 aliphatic carbocycles. The number of hydrogen-bond donors (Lipinski definition) is 1. The largest absolute Gasteiger partial charge is 0.382 e. The standard InChI is InChI=1S/C14H17BrFNO3/c1-18-7-11-4-9-6-20-17-14(9,8-19-11)12-5-10(15)2-3-13(12)16/h2-3,5,9,11,17H,4,6-8H2,1H3/t9-,11+,14-/m0/s1. The Labute approximate surface area is 125 Å². The third-order valence-electron chi connectivity index (χ3n) is 4.09. The zero-order chi connectivity index (χ0) is 14.2. The zero-order valence-corrected chi connectivity index (χ0v) is 12.8. The Balaban J connectivity index is 1.92. The van der Waals surface area contributed by atoms with Crippen molar-refractivity contribution < 1.29 is 18.7 Å². The van der Waals surface area contributed by atoms with E-state index in [0.29, 0.717) is 25.4 Å². The summed E-state index contributed by atoms with van der Waals surface area (Å²) in [4.78, 5) is 5.42. The van der Waals surface area contributed by atoms with Gasteiger partial charge >= 0.3 is 0 Å². The lowest BCUT2D eigenvalue weighted by atomic mass is 9.75. The number of fused-ring (bicyclic) bond motifs is 1. The molecule has 0 amide bonds. The Morgan fingerprint density at radius 3 is 3.20 bits per heavy atom. The lowest BCUT2D eigenvalue weighted by Crippen LogP contribution is -2.52. The number of methoxy groups -OCH3 is 1. The molecular formula is C14H17BrFNO3. The lowest BCUT2D eigenvalue weighted by molar-refractivity contribution is -0.0918. The van der Waals surface area contributed by atoms with Gasteiger partial charge in [0.1, 0.15) is 5.82 Å². The topological polar surface area (TPSA) is 39.7 Å². The molecule has 2 heterocycles. The van der Waals surface area contributed by atoms with Crippen LogP contribution in [-0.4, -0.2) is 33.0 Å². The van der Waals surface area contributed by atoms with Gasteiger partial charge in [0, 0.05) is 23.1 Å². The van der Waals surface area contributed by atoms with E-state index in [-0.39, 0.29) is 17.8 Å². The van der Waals surface area contributed by atoms with Crippen LogP contribution in [0.2, 0.25) is 0 Å². The first-order chi connectivity index (χ1) is 9.65. The van der Waals surface area contributed by atoms with E-state index >= 15 is 0 Å². The van der Waals surface area contributed by atoms with Crippen molar-refractivity contribution in [2.24, 2.45) is 5.92 Å². The van der Waals surface area contributed by atoms with E-state index in [2.05, 4.69) is 21.4 Å². The van der Waals surface area contributed by atoms with Crippen molar-refractivity contribution in [1.82, 2.24) is 5.48 Å². The van der Waals surface area contributed by atoms with Gasteiger partial charge in [0.25, 0.3) is 0 Å². The van der Waals surface area contributed by atoms with E-state index in [1.54, 1.807) is 19.2 Å². The fraction of sp³-hybridized carbons (Fsp3) is 0.571. The molecule has 0 bridgehead atoms. The molecule has 2 saturated heterocycles. The third-order valence-corrected chi connectivity index (χ3v) is 4.58. The molecule has 20 heavy (non-hydrogen) atoms. The number of benzene rings is 1. The maximum Gasteiger partial charge on any atom is 0.128 e. The summed E-state index contributed by atoms with van der Waals surface area (Å²) >= 11 is 3.40. The maximum atomic E-state index is 14.2. The van der Waals surface area contributed by atoms with Gasteiger partial charge in [0.2, 0.25) is 0 Å². The normalized spacial score (nSPS) is 33.1. The Morgan fingerprint density at radius 2 is 2.40 bits per heavy atom. The van der Waals surface area contributed by atoms with Crippen LogP contribution in [0.15, 0.2) is 22.7 Å². The zero-order valence-electron chi connectivity index (χ0n) is 11.2. The van der Waals surface area contributed by atoms with E-state index in [0.717, 1.165) is 10.9 Å². The third kappa shape index (κ3) is 2.40. The van der Waals surface area contributed by atoms with E-state index in [1.165, 1.54) is 6.07 Å². The Bertz CT molecular complexity index is 501. The number of rotatable bonds is 3.